The maximum atomic E-state index is 12.7. The van der Waals surface area contributed by atoms with Crippen LogP contribution in [0.4, 0.5) is 18.9 Å². The van der Waals surface area contributed by atoms with Gasteiger partial charge < -0.3 is 10.1 Å². The molecule has 1 atom stereocenters. The van der Waals surface area contributed by atoms with Crippen LogP contribution in [-0.4, -0.2) is 47.9 Å². The number of halogens is 3. The Balaban J connectivity index is 1.64. The molecule has 1 amide bonds. The SMILES string of the molecule is Cn1cc(S(=O)(=O)N2CCCC(C(=O)Nc3ccc(OC(F)(F)F)cc3)C2)cn1. The average Bonchev–Trinajstić information content (AvgIpc) is 3.09. The summed E-state index contributed by atoms with van der Waals surface area (Å²) in [5.41, 5.74) is 0.289. The van der Waals surface area contributed by atoms with E-state index in [9.17, 15) is 26.4 Å². The molecule has 1 N–H and O–H groups in total. The van der Waals surface area contributed by atoms with E-state index in [1.807, 2.05) is 0 Å². The van der Waals surface area contributed by atoms with Gasteiger partial charge in [0.1, 0.15) is 10.6 Å². The molecule has 3 rings (SSSR count). The van der Waals surface area contributed by atoms with Gasteiger partial charge in [0.25, 0.3) is 0 Å². The minimum atomic E-state index is -4.80. The van der Waals surface area contributed by atoms with Gasteiger partial charge in [-0.15, -0.1) is 13.2 Å². The number of nitrogens with one attached hydrogen (secondary N) is 1. The Hall–Kier alpha value is -2.60. The number of hydrogen-bond acceptors (Lipinski definition) is 5. The van der Waals surface area contributed by atoms with Gasteiger partial charge in [0.15, 0.2) is 0 Å². The number of sulfonamides is 1. The standard InChI is InChI=1S/C17H19F3N4O4S/c1-23-11-15(9-21-23)29(26,27)24-8-2-3-12(10-24)16(25)22-13-4-6-14(7-5-13)28-17(18,19)20/h4-7,9,11-12H,2-3,8,10H2,1H3,(H,22,25). The molecule has 2 heterocycles. The van der Waals surface area contributed by atoms with Gasteiger partial charge in [0.2, 0.25) is 15.9 Å². The summed E-state index contributed by atoms with van der Waals surface area (Å²) in [5.74, 6) is -1.39. The zero-order chi connectivity index (χ0) is 21.2. The van der Waals surface area contributed by atoms with E-state index in [2.05, 4.69) is 15.2 Å². The number of ether oxygens (including phenoxy) is 1. The van der Waals surface area contributed by atoms with Crippen LogP contribution in [0.5, 0.6) is 5.75 Å². The van der Waals surface area contributed by atoms with E-state index in [1.54, 1.807) is 7.05 Å². The number of piperidine rings is 1. The first-order valence-corrected chi connectivity index (χ1v) is 10.1. The minimum Gasteiger partial charge on any atom is -0.406 e. The second-order valence-electron chi connectivity index (χ2n) is 6.61. The summed E-state index contributed by atoms with van der Waals surface area (Å²) in [7, 11) is -2.15. The molecule has 1 aromatic heterocycles. The van der Waals surface area contributed by atoms with Crippen LogP contribution in [0.3, 0.4) is 0 Å². The summed E-state index contributed by atoms with van der Waals surface area (Å²) in [6.45, 7) is 0.308. The quantitative estimate of drug-likeness (QED) is 0.783. The number of aryl methyl sites for hydroxylation is 1. The number of rotatable bonds is 5. The predicted molar refractivity (Wildman–Crippen MR) is 96.4 cm³/mol. The van der Waals surface area contributed by atoms with Crippen molar-refractivity contribution in [3.63, 3.8) is 0 Å². The summed E-state index contributed by atoms with van der Waals surface area (Å²) in [5, 5.41) is 6.47. The number of aromatic nitrogens is 2. The molecular weight excluding hydrogens is 413 g/mol. The van der Waals surface area contributed by atoms with Crippen LogP contribution < -0.4 is 10.1 Å². The van der Waals surface area contributed by atoms with Crippen molar-refractivity contribution in [1.82, 2.24) is 14.1 Å². The first kappa shape index (κ1) is 21.1. The lowest BCUT2D eigenvalue weighted by Gasteiger charge is -2.30. The third-order valence-corrected chi connectivity index (χ3v) is 6.25. The lowest BCUT2D eigenvalue weighted by Crippen LogP contribution is -2.43. The number of nitrogens with zero attached hydrogens (tertiary/aromatic N) is 3. The molecule has 0 saturated carbocycles. The second-order valence-corrected chi connectivity index (χ2v) is 8.55. The number of anilines is 1. The fourth-order valence-electron chi connectivity index (χ4n) is 3.04. The van der Waals surface area contributed by atoms with Crippen molar-refractivity contribution in [2.75, 3.05) is 18.4 Å². The normalized spacial score (nSPS) is 18.4. The maximum absolute atomic E-state index is 12.7. The molecular formula is C17H19F3N4O4S. The number of carbonyl (C=O) groups excluding carboxylic acids is 1. The van der Waals surface area contributed by atoms with Crippen LogP contribution in [0.25, 0.3) is 0 Å². The summed E-state index contributed by atoms with van der Waals surface area (Å²) in [6.07, 6.45) is -1.14. The fourth-order valence-corrected chi connectivity index (χ4v) is 4.55. The van der Waals surface area contributed by atoms with Gasteiger partial charge in [-0.25, -0.2) is 8.42 Å². The molecule has 1 saturated heterocycles. The third kappa shape index (κ3) is 5.26. The minimum absolute atomic E-state index is 0.0122. The Morgan fingerprint density at radius 2 is 1.97 bits per heavy atom. The van der Waals surface area contributed by atoms with E-state index < -0.39 is 34.0 Å². The van der Waals surface area contributed by atoms with E-state index in [0.717, 1.165) is 12.1 Å². The van der Waals surface area contributed by atoms with Crippen LogP contribution in [0.15, 0.2) is 41.6 Å². The Kier molecular flexibility index (Phi) is 5.85. The van der Waals surface area contributed by atoms with Crippen molar-refractivity contribution in [1.29, 1.82) is 0 Å². The molecule has 12 heteroatoms. The first-order valence-electron chi connectivity index (χ1n) is 8.70. The van der Waals surface area contributed by atoms with E-state index in [1.165, 1.54) is 33.5 Å². The topological polar surface area (TPSA) is 93.5 Å². The van der Waals surface area contributed by atoms with Gasteiger partial charge in [-0.3, -0.25) is 9.48 Å². The highest BCUT2D eigenvalue weighted by molar-refractivity contribution is 7.89. The van der Waals surface area contributed by atoms with E-state index in [0.29, 0.717) is 19.4 Å². The van der Waals surface area contributed by atoms with Gasteiger partial charge in [-0.2, -0.15) is 9.40 Å². The molecule has 29 heavy (non-hydrogen) atoms. The van der Waals surface area contributed by atoms with E-state index in [-0.39, 0.29) is 17.1 Å². The first-order chi connectivity index (χ1) is 13.5. The highest BCUT2D eigenvalue weighted by Gasteiger charge is 2.34. The van der Waals surface area contributed by atoms with E-state index >= 15 is 0 Å². The number of carbonyl (C=O) groups is 1. The molecule has 0 bridgehead atoms. The molecule has 1 aliphatic heterocycles. The Labute approximate surface area is 165 Å². The maximum Gasteiger partial charge on any atom is 0.573 e. The lowest BCUT2D eigenvalue weighted by molar-refractivity contribution is -0.274. The van der Waals surface area contributed by atoms with Gasteiger partial charge in [-0.05, 0) is 37.1 Å². The fraction of sp³-hybridized carbons (Fsp3) is 0.412. The van der Waals surface area contributed by atoms with Gasteiger partial charge >= 0.3 is 6.36 Å². The van der Waals surface area contributed by atoms with Crippen molar-refractivity contribution < 1.29 is 31.1 Å². The Bertz CT molecular complexity index is 973. The smallest absolute Gasteiger partial charge is 0.406 e. The largest absolute Gasteiger partial charge is 0.573 e. The van der Waals surface area contributed by atoms with Crippen molar-refractivity contribution in [3.05, 3.63) is 36.7 Å². The monoisotopic (exact) mass is 432 g/mol. The zero-order valence-corrected chi connectivity index (χ0v) is 16.2. The molecule has 1 unspecified atom stereocenters. The Morgan fingerprint density at radius 3 is 2.55 bits per heavy atom. The zero-order valence-electron chi connectivity index (χ0n) is 15.4. The number of benzene rings is 1. The molecule has 1 aliphatic rings. The highest BCUT2D eigenvalue weighted by Crippen LogP contribution is 2.26. The highest BCUT2D eigenvalue weighted by atomic mass is 32.2. The van der Waals surface area contributed by atoms with Crippen LogP contribution >= 0.6 is 0 Å². The number of alkyl halides is 3. The van der Waals surface area contributed by atoms with E-state index in [4.69, 9.17) is 0 Å². The van der Waals surface area contributed by atoms with Crippen molar-refractivity contribution in [3.8, 4) is 5.75 Å². The summed E-state index contributed by atoms with van der Waals surface area (Å²) < 4.78 is 68.4. The van der Waals surface area contributed by atoms with Crippen molar-refractivity contribution in [2.45, 2.75) is 24.1 Å². The van der Waals surface area contributed by atoms with Crippen LogP contribution in [0.1, 0.15) is 12.8 Å². The summed E-state index contributed by atoms with van der Waals surface area (Å²) in [6, 6.07) is 4.74. The third-order valence-electron chi connectivity index (χ3n) is 4.43. The second kappa shape index (κ2) is 8.03. The van der Waals surface area contributed by atoms with Gasteiger partial charge in [0.05, 0.1) is 12.1 Å². The van der Waals surface area contributed by atoms with Crippen LogP contribution in [-0.2, 0) is 21.9 Å². The molecule has 2 aromatic rings. The average molecular weight is 432 g/mol. The Morgan fingerprint density at radius 1 is 1.28 bits per heavy atom. The molecule has 1 aromatic carbocycles. The molecule has 0 aliphatic carbocycles. The van der Waals surface area contributed by atoms with Crippen LogP contribution in [0, 0.1) is 5.92 Å². The molecule has 8 nitrogen and oxygen atoms in total. The van der Waals surface area contributed by atoms with Crippen LogP contribution in [0.2, 0.25) is 0 Å². The molecule has 158 valence electrons. The van der Waals surface area contributed by atoms with Crippen molar-refractivity contribution >= 4 is 21.6 Å². The number of hydrogen-bond donors (Lipinski definition) is 1. The predicted octanol–water partition coefficient (Wildman–Crippen LogP) is 2.36. The summed E-state index contributed by atoms with van der Waals surface area (Å²) in [4.78, 5) is 12.6. The summed E-state index contributed by atoms with van der Waals surface area (Å²) >= 11 is 0. The molecule has 1 fully saturated rings. The molecule has 0 spiro atoms. The van der Waals surface area contributed by atoms with Crippen molar-refractivity contribution in [2.24, 2.45) is 13.0 Å². The number of amides is 1. The lowest BCUT2D eigenvalue weighted by atomic mass is 9.99. The van der Waals surface area contributed by atoms with Gasteiger partial charge in [-0.1, -0.05) is 0 Å². The van der Waals surface area contributed by atoms with Gasteiger partial charge in [0, 0.05) is 32.0 Å². The molecule has 0 radical (unpaired) electrons.